The summed E-state index contributed by atoms with van der Waals surface area (Å²) in [6.07, 6.45) is 0. The molecule has 0 unspecified atom stereocenters. The Hall–Kier alpha value is -3.54. The van der Waals surface area contributed by atoms with Crippen LogP contribution >= 0.6 is 15.3 Å². The molecule has 1 saturated heterocycles. The van der Waals surface area contributed by atoms with Crippen LogP contribution in [-0.2, 0) is 9.13 Å². The van der Waals surface area contributed by atoms with Gasteiger partial charge in [0.1, 0.15) is 11.5 Å². The fourth-order valence-electron chi connectivity index (χ4n) is 4.11. The summed E-state index contributed by atoms with van der Waals surface area (Å²) < 4.78 is 44.4. The molecule has 0 spiro atoms. The molecule has 5 rings (SSSR count). The molecule has 1 heterocycles. The molecule has 1 aliphatic rings. The molecule has 38 heavy (non-hydrogen) atoms. The van der Waals surface area contributed by atoms with Crippen molar-refractivity contribution in [3.8, 4) is 11.5 Å². The molecule has 2 atom stereocenters. The van der Waals surface area contributed by atoms with Gasteiger partial charge < -0.3 is 9.05 Å². The van der Waals surface area contributed by atoms with Crippen LogP contribution in [0, 0.1) is 0 Å². The SMILES string of the molecule is O=[P@](Nc1ccccc1)(Oc1ccccc1)N1CCN([P@](=O)(Nc2ccccc2)Oc2ccccc2)CC1. The van der Waals surface area contributed by atoms with Gasteiger partial charge in [-0.05, 0) is 48.5 Å². The Labute approximate surface area is 223 Å². The second kappa shape index (κ2) is 11.9. The predicted molar refractivity (Wildman–Crippen MR) is 153 cm³/mol. The minimum Gasteiger partial charge on any atom is -0.418 e. The quantitative estimate of drug-likeness (QED) is 0.201. The maximum atomic E-state index is 14.3. The number of para-hydroxylation sites is 4. The van der Waals surface area contributed by atoms with E-state index in [4.69, 9.17) is 9.05 Å². The highest BCUT2D eigenvalue weighted by Crippen LogP contribution is 2.55. The molecule has 196 valence electrons. The Morgan fingerprint density at radius 3 is 1.08 bits per heavy atom. The summed E-state index contributed by atoms with van der Waals surface area (Å²) in [6, 6.07) is 36.9. The van der Waals surface area contributed by atoms with Crippen LogP contribution in [0.4, 0.5) is 11.4 Å². The van der Waals surface area contributed by atoms with Crippen LogP contribution in [0.1, 0.15) is 0 Å². The number of nitrogens with one attached hydrogen (secondary N) is 2. The summed E-state index contributed by atoms with van der Waals surface area (Å²) >= 11 is 0. The highest BCUT2D eigenvalue weighted by molar-refractivity contribution is 7.59. The van der Waals surface area contributed by atoms with E-state index in [1.807, 2.05) is 97.1 Å². The van der Waals surface area contributed by atoms with Crippen LogP contribution in [0.15, 0.2) is 121 Å². The molecule has 4 aromatic carbocycles. The first-order valence-corrected chi connectivity index (χ1v) is 15.5. The summed E-state index contributed by atoms with van der Waals surface area (Å²) in [7, 11) is -7.09. The molecule has 0 saturated carbocycles. The van der Waals surface area contributed by atoms with Gasteiger partial charge in [-0.15, -0.1) is 0 Å². The van der Waals surface area contributed by atoms with E-state index in [0.717, 1.165) is 0 Å². The zero-order chi connectivity index (χ0) is 26.3. The summed E-state index contributed by atoms with van der Waals surface area (Å²) in [4.78, 5) is 0. The van der Waals surface area contributed by atoms with Crippen molar-refractivity contribution in [1.82, 2.24) is 9.34 Å². The predicted octanol–water partition coefficient (Wildman–Crippen LogP) is 7.20. The second-order valence-electron chi connectivity index (χ2n) is 8.71. The van der Waals surface area contributed by atoms with Gasteiger partial charge >= 0.3 is 15.3 Å². The normalized spacial score (nSPS) is 17.5. The largest absolute Gasteiger partial charge is 0.419 e. The summed E-state index contributed by atoms with van der Waals surface area (Å²) in [5.41, 5.74) is 1.39. The average Bonchev–Trinajstić information content (AvgIpc) is 2.95. The Bertz CT molecular complexity index is 1190. The highest BCUT2D eigenvalue weighted by atomic mass is 31.2. The van der Waals surface area contributed by atoms with Gasteiger partial charge in [-0.2, -0.15) is 0 Å². The third kappa shape index (κ3) is 6.47. The third-order valence-corrected chi connectivity index (χ3v) is 10.3. The summed E-state index contributed by atoms with van der Waals surface area (Å²) in [5, 5.41) is 6.26. The molecule has 0 radical (unpaired) electrons. The van der Waals surface area contributed by atoms with Crippen LogP contribution in [0.2, 0.25) is 0 Å². The van der Waals surface area contributed by atoms with E-state index < -0.39 is 15.3 Å². The molecule has 0 amide bonds. The number of hydrogen-bond donors (Lipinski definition) is 2. The number of anilines is 2. The summed E-state index contributed by atoms with van der Waals surface area (Å²) in [6.45, 7) is 1.40. The Balaban J connectivity index is 1.37. The minimum absolute atomic E-state index is 0.350. The minimum atomic E-state index is -3.54. The Kier molecular flexibility index (Phi) is 8.16. The number of hydrogen-bond acceptors (Lipinski definition) is 4. The molecule has 2 N–H and O–H groups in total. The van der Waals surface area contributed by atoms with E-state index in [1.54, 1.807) is 33.6 Å². The number of piperazine rings is 1. The molecule has 0 aliphatic carbocycles. The van der Waals surface area contributed by atoms with Crippen molar-refractivity contribution in [3.63, 3.8) is 0 Å². The highest BCUT2D eigenvalue weighted by Gasteiger charge is 2.42. The first-order chi connectivity index (χ1) is 18.5. The topological polar surface area (TPSA) is 83.1 Å². The van der Waals surface area contributed by atoms with Crippen molar-refractivity contribution in [3.05, 3.63) is 121 Å². The zero-order valence-electron chi connectivity index (χ0n) is 20.8. The molecule has 4 aromatic rings. The number of benzene rings is 4. The van der Waals surface area contributed by atoms with Crippen molar-refractivity contribution in [1.29, 1.82) is 0 Å². The smallest absolute Gasteiger partial charge is 0.418 e. The van der Waals surface area contributed by atoms with Crippen molar-refractivity contribution in [2.24, 2.45) is 0 Å². The van der Waals surface area contributed by atoms with Crippen molar-refractivity contribution in [2.75, 3.05) is 36.4 Å². The zero-order valence-corrected chi connectivity index (χ0v) is 22.6. The van der Waals surface area contributed by atoms with E-state index in [0.29, 0.717) is 49.1 Å². The molecular formula is C28H30N4O4P2. The Morgan fingerprint density at radius 2 is 0.763 bits per heavy atom. The fraction of sp³-hybridized carbons (Fsp3) is 0.143. The van der Waals surface area contributed by atoms with Gasteiger partial charge in [0.2, 0.25) is 0 Å². The molecule has 0 bridgehead atoms. The Morgan fingerprint density at radius 1 is 0.474 bits per heavy atom. The maximum absolute atomic E-state index is 14.3. The van der Waals surface area contributed by atoms with Gasteiger partial charge in [-0.25, -0.2) is 18.5 Å². The van der Waals surface area contributed by atoms with E-state index >= 15 is 0 Å². The molecule has 0 aromatic heterocycles. The monoisotopic (exact) mass is 548 g/mol. The second-order valence-corrected chi connectivity index (χ2v) is 12.7. The van der Waals surface area contributed by atoms with Crippen molar-refractivity contribution in [2.45, 2.75) is 0 Å². The third-order valence-electron chi connectivity index (χ3n) is 6.01. The van der Waals surface area contributed by atoms with E-state index in [1.165, 1.54) is 0 Å². The van der Waals surface area contributed by atoms with Crippen LogP contribution in [0.25, 0.3) is 0 Å². The fourth-order valence-corrected chi connectivity index (χ4v) is 7.90. The van der Waals surface area contributed by atoms with Crippen LogP contribution in [0.5, 0.6) is 11.5 Å². The lowest BCUT2D eigenvalue weighted by Gasteiger charge is -2.40. The van der Waals surface area contributed by atoms with Gasteiger partial charge in [-0.1, -0.05) is 72.8 Å². The first-order valence-electron chi connectivity index (χ1n) is 12.4. The number of nitrogens with zero attached hydrogens (tertiary/aromatic N) is 2. The van der Waals surface area contributed by atoms with Crippen LogP contribution < -0.4 is 19.2 Å². The molecular weight excluding hydrogens is 518 g/mol. The molecule has 1 aliphatic heterocycles. The van der Waals surface area contributed by atoms with E-state index in [9.17, 15) is 9.13 Å². The maximum Gasteiger partial charge on any atom is 0.419 e. The summed E-state index contributed by atoms with van der Waals surface area (Å²) in [5.74, 6) is 1.01. The van der Waals surface area contributed by atoms with Crippen molar-refractivity contribution >= 4 is 26.7 Å². The molecule has 8 nitrogen and oxygen atoms in total. The number of rotatable bonds is 10. The lowest BCUT2D eigenvalue weighted by atomic mass is 10.3. The van der Waals surface area contributed by atoms with Gasteiger partial charge in [0, 0.05) is 37.6 Å². The molecule has 10 heteroatoms. The van der Waals surface area contributed by atoms with Crippen molar-refractivity contribution < 1.29 is 18.2 Å². The van der Waals surface area contributed by atoms with Crippen LogP contribution in [0.3, 0.4) is 0 Å². The lowest BCUT2D eigenvalue weighted by Crippen LogP contribution is -2.46. The first kappa shape index (κ1) is 26.1. The van der Waals surface area contributed by atoms with Gasteiger partial charge in [0.15, 0.2) is 0 Å². The van der Waals surface area contributed by atoms with Gasteiger partial charge in [0.25, 0.3) is 0 Å². The molecule has 1 fully saturated rings. The van der Waals surface area contributed by atoms with Crippen LogP contribution in [-0.4, -0.2) is 35.5 Å². The van der Waals surface area contributed by atoms with E-state index in [-0.39, 0.29) is 0 Å². The van der Waals surface area contributed by atoms with Gasteiger partial charge in [0.05, 0.1) is 0 Å². The average molecular weight is 549 g/mol. The lowest BCUT2D eigenvalue weighted by molar-refractivity contribution is 0.239. The van der Waals surface area contributed by atoms with Gasteiger partial charge in [-0.3, -0.25) is 10.2 Å². The standard InChI is InChI=1S/C28H30N4O4P2/c33-37(29-25-13-5-1-6-14-25,35-27-17-9-3-10-18-27)31-21-23-32(24-22-31)38(34,30-26-15-7-2-8-16-26)36-28-19-11-4-12-20-28/h1-20H,21-24H2,(H,29,33)(H,30,34)/t37-,38+. The van der Waals surface area contributed by atoms with E-state index in [2.05, 4.69) is 10.2 Å².